The van der Waals surface area contributed by atoms with E-state index in [1.54, 1.807) is 18.3 Å². The Kier molecular flexibility index (Phi) is 6.28. The maximum Gasteiger partial charge on any atom is 0.211 e. The fraction of sp³-hybridized carbons (Fsp3) is 0.667. The Bertz CT molecular complexity index is 425. The van der Waals surface area contributed by atoms with Crippen molar-refractivity contribution in [1.29, 1.82) is 0 Å². The Morgan fingerprint density at radius 1 is 1.33 bits per heavy atom. The summed E-state index contributed by atoms with van der Waals surface area (Å²) < 4.78 is 25.8. The van der Waals surface area contributed by atoms with E-state index in [-0.39, 0.29) is 11.8 Å². The van der Waals surface area contributed by atoms with Crippen LogP contribution < -0.4 is 4.72 Å². The van der Waals surface area contributed by atoms with Crippen LogP contribution in [0.4, 0.5) is 0 Å². The number of sulfonamides is 1. The van der Waals surface area contributed by atoms with Crippen LogP contribution in [0.3, 0.4) is 0 Å². The first-order chi connectivity index (χ1) is 8.54. The van der Waals surface area contributed by atoms with Gasteiger partial charge in [-0.2, -0.15) is 0 Å². The van der Waals surface area contributed by atoms with E-state index in [0.29, 0.717) is 6.54 Å². The van der Waals surface area contributed by atoms with Gasteiger partial charge in [0.15, 0.2) is 0 Å². The molecule has 0 bridgehead atoms. The fourth-order valence-electron chi connectivity index (χ4n) is 1.86. The molecule has 0 fully saturated rings. The van der Waals surface area contributed by atoms with Gasteiger partial charge in [0, 0.05) is 11.4 Å². The van der Waals surface area contributed by atoms with Crippen LogP contribution in [0.1, 0.15) is 31.7 Å². The van der Waals surface area contributed by atoms with Crippen molar-refractivity contribution >= 4 is 21.4 Å². The quantitative estimate of drug-likeness (QED) is 0.797. The summed E-state index contributed by atoms with van der Waals surface area (Å²) in [5.41, 5.74) is 0. The van der Waals surface area contributed by atoms with Gasteiger partial charge < -0.3 is 0 Å². The van der Waals surface area contributed by atoms with Crippen LogP contribution in [0, 0.1) is 0 Å². The van der Waals surface area contributed by atoms with Gasteiger partial charge in [0.2, 0.25) is 10.0 Å². The molecule has 1 unspecified atom stereocenters. The molecular formula is C12H22N2O2S2. The van der Waals surface area contributed by atoms with Crippen molar-refractivity contribution < 1.29 is 8.42 Å². The van der Waals surface area contributed by atoms with Crippen LogP contribution in [-0.2, 0) is 10.0 Å². The molecule has 1 heterocycles. The van der Waals surface area contributed by atoms with Crippen LogP contribution in [0.5, 0.6) is 0 Å². The fourth-order valence-corrected chi connectivity index (χ4v) is 3.34. The first-order valence-corrected chi connectivity index (χ1v) is 8.82. The summed E-state index contributed by atoms with van der Waals surface area (Å²) in [4.78, 5) is 3.47. The van der Waals surface area contributed by atoms with Gasteiger partial charge in [0.05, 0.1) is 11.8 Å². The molecule has 0 aliphatic heterocycles. The number of rotatable bonds is 8. The number of nitrogens with one attached hydrogen (secondary N) is 1. The molecule has 0 spiro atoms. The molecule has 6 heteroatoms. The molecule has 0 aliphatic rings. The number of thiophene rings is 1. The SMILES string of the molecule is CCN(CC)C(CNS(=O)(=O)CC)c1cccs1. The summed E-state index contributed by atoms with van der Waals surface area (Å²) in [6, 6.07) is 4.19. The highest BCUT2D eigenvalue weighted by Crippen LogP contribution is 2.24. The third-order valence-corrected chi connectivity index (χ3v) is 5.34. The van der Waals surface area contributed by atoms with Crippen molar-refractivity contribution in [2.24, 2.45) is 0 Å². The summed E-state index contributed by atoms with van der Waals surface area (Å²) in [5.74, 6) is 0.127. The topological polar surface area (TPSA) is 49.4 Å². The highest BCUT2D eigenvalue weighted by Gasteiger charge is 2.20. The molecule has 1 N–H and O–H groups in total. The highest BCUT2D eigenvalue weighted by atomic mass is 32.2. The Balaban J connectivity index is 2.79. The lowest BCUT2D eigenvalue weighted by molar-refractivity contribution is 0.223. The molecule has 1 atom stereocenters. The molecule has 4 nitrogen and oxygen atoms in total. The zero-order chi connectivity index (χ0) is 13.6. The van der Waals surface area contributed by atoms with Crippen LogP contribution in [0.25, 0.3) is 0 Å². The first-order valence-electron chi connectivity index (χ1n) is 6.28. The van der Waals surface area contributed by atoms with Crippen LogP contribution in [-0.4, -0.2) is 38.7 Å². The second kappa shape index (κ2) is 7.23. The Morgan fingerprint density at radius 2 is 2.00 bits per heavy atom. The highest BCUT2D eigenvalue weighted by molar-refractivity contribution is 7.89. The van der Waals surface area contributed by atoms with E-state index in [1.807, 2.05) is 11.4 Å². The standard InChI is InChI=1S/C12H22N2O2S2/c1-4-14(5-2)11(12-8-7-9-17-12)10-13-18(15,16)6-3/h7-9,11,13H,4-6,10H2,1-3H3. The Hall–Kier alpha value is -0.430. The minimum Gasteiger partial charge on any atom is -0.295 e. The minimum absolute atomic E-state index is 0.126. The molecule has 0 amide bonds. The molecule has 1 aromatic rings. The summed E-state index contributed by atoms with van der Waals surface area (Å²) in [6.45, 7) is 8.11. The van der Waals surface area contributed by atoms with E-state index < -0.39 is 10.0 Å². The van der Waals surface area contributed by atoms with Crippen molar-refractivity contribution in [1.82, 2.24) is 9.62 Å². The van der Waals surface area contributed by atoms with Crippen LogP contribution in [0.2, 0.25) is 0 Å². The van der Waals surface area contributed by atoms with Gasteiger partial charge >= 0.3 is 0 Å². The molecule has 0 aliphatic carbocycles. The lowest BCUT2D eigenvalue weighted by Crippen LogP contribution is -2.38. The van der Waals surface area contributed by atoms with Crippen molar-refractivity contribution in [2.45, 2.75) is 26.8 Å². The van der Waals surface area contributed by atoms with Gasteiger partial charge in [-0.1, -0.05) is 19.9 Å². The van der Waals surface area contributed by atoms with E-state index >= 15 is 0 Å². The van der Waals surface area contributed by atoms with Crippen molar-refractivity contribution in [3.63, 3.8) is 0 Å². The molecule has 104 valence electrons. The number of likely N-dealkylation sites (N-methyl/N-ethyl adjacent to an activating group) is 1. The summed E-state index contributed by atoms with van der Waals surface area (Å²) >= 11 is 1.67. The van der Waals surface area contributed by atoms with E-state index in [2.05, 4.69) is 29.5 Å². The zero-order valence-electron chi connectivity index (χ0n) is 11.2. The predicted molar refractivity (Wildman–Crippen MR) is 77.4 cm³/mol. The summed E-state index contributed by atoms with van der Waals surface area (Å²) in [5, 5.41) is 2.03. The van der Waals surface area contributed by atoms with E-state index in [4.69, 9.17) is 0 Å². The molecule has 1 rings (SSSR count). The van der Waals surface area contributed by atoms with Gasteiger partial charge in [0.1, 0.15) is 0 Å². The Labute approximate surface area is 114 Å². The minimum atomic E-state index is -3.13. The lowest BCUT2D eigenvalue weighted by Gasteiger charge is -2.29. The van der Waals surface area contributed by atoms with Gasteiger partial charge in [-0.3, -0.25) is 4.90 Å². The lowest BCUT2D eigenvalue weighted by atomic mass is 10.2. The molecule has 0 saturated heterocycles. The average molecular weight is 290 g/mol. The molecule has 1 aromatic heterocycles. The van der Waals surface area contributed by atoms with Crippen LogP contribution in [0.15, 0.2) is 17.5 Å². The number of hydrogen-bond donors (Lipinski definition) is 1. The molecule has 18 heavy (non-hydrogen) atoms. The van der Waals surface area contributed by atoms with Crippen molar-refractivity contribution in [3.05, 3.63) is 22.4 Å². The average Bonchev–Trinajstić information content (AvgIpc) is 2.88. The largest absolute Gasteiger partial charge is 0.295 e. The summed E-state index contributed by atoms with van der Waals surface area (Å²) in [6.07, 6.45) is 0. The maximum absolute atomic E-state index is 11.5. The van der Waals surface area contributed by atoms with Gasteiger partial charge in [0.25, 0.3) is 0 Å². The van der Waals surface area contributed by atoms with E-state index in [0.717, 1.165) is 13.1 Å². The van der Waals surface area contributed by atoms with E-state index in [1.165, 1.54) is 4.88 Å². The first kappa shape index (κ1) is 15.6. The van der Waals surface area contributed by atoms with Gasteiger partial charge in [-0.15, -0.1) is 11.3 Å². The van der Waals surface area contributed by atoms with Gasteiger partial charge in [-0.25, -0.2) is 13.1 Å². The zero-order valence-corrected chi connectivity index (χ0v) is 12.9. The number of nitrogens with zero attached hydrogens (tertiary/aromatic N) is 1. The molecule has 0 radical (unpaired) electrons. The Morgan fingerprint density at radius 3 is 2.44 bits per heavy atom. The second-order valence-corrected chi connectivity index (χ2v) is 7.08. The van der Waals surface area contributed by atoms with Gasteiger partial charge in [-0.05, 0) is 31.5 Å². The smallest absolute Gasteiger partial charge is 0.211 e. The number of hydrogen-bond acceptors (Lipinski definition) is 4. The molecule has 0 aromatic carbocycles. The second-order valence-electron chi connectivity index (χ2n) is 4.00. The van der Waals surface area contributed by atoms with E-state index in [9.17, 15) is 8.42 Å². The normalized spacial score (nSPS) is 14.0. The van der Waals surface area contributed by atoms with Crippen molar-refractivity contribution in [3.8, 4) is 0 Å². The molecule has 0 saturated carbocycles. The predicted octanol–water partition coefficient (Wildman–Crippen LogP) is 2.07. The third-order valence-electron chi connectivity index (χ3n) is 3.00. The van der Waals surface area contributed by atoms with Crippen molar-refractivity contribution in [2.75, 3.05) is 25.4 Å². The summed E-state index contributed by atoms with van der Waals surface area (Å²) in [7, 11) is -3.13. The monoisotopic (exact) mass is 290 g/mol. The third kappa shape index (κ3) is 4.35. The molecular weight excluding hydrogens is 268 g/mol. The van der Waals surface area contributed by atoms with Crippen LogP contribution >= 0.6 is 11.3 Å². The maximum atomic E-state index is 11.5.